The minimum atomic E-state index is -3.77. The quantitative estimate of drug-likeness (QED) is 0.570. The van der Waals surface area contributed by atoms with Gasteiger partial charge in [0.15, 0.2) is 0 Å². The van der Waals surface area contributed by atoms with E-state index in [9.17, 15) is 13.2 Å². The molecule has 0 bridgehead atoms. The molecule has 2 aromatic rings. The predicted molar refractivity (Wildman–Crippen MR) is 144 cm³/mol. The zero-order chi connectivity index (χ0) is 26.6. The van der Waals surface area contributed by atoms with E-state index in [1.807, 2.05) is 43.9 Å². The van der Waals surface area contributed by atoms with E-state index in [0.717, 1.165) is 44.0 Å². The highest BCUT2D eigenvalue weighted by Gasteiger charge is 2.39. The zero-order valence-electron chi connectivity index (χ0n) is 21.8. The monoisotopic (exact) mass is 524 g/mol. The van der Waals surface area contributed by atoms with Gasteiger partial charge < -0.3 is 10.6 Å². The van der Waals surface area contributed by atoms with Crippen LogP contribution in [0.1, 0.15) is 30.5 Å². The Hall–Kier alpha value is -2.81. The lowest BCUT2D eigenvalue weighted by molar-refractivity contribution is -0.118. The number of hydrogen-bond acceptors (Lipinski definition) is 7. The van der Waals surface area contributed by atoms with Crippen LogP contribution in [0.15, 0.2) is 47.4 Å². The number of carbonyl (C=O) groups excluding carboxylic acids is 1. The second-order valence-electron chi connectivity index (χ2n) is 10.0. The summed E-state index contributed by atoms with van der Waals surface area (Å²) in [4.78, 5) is 17.5. The second kappa shape index (κ2) is 11.7. The van der Waals surface area contributed by atoms with E-state index in [-0.39, 0.29) is 29.4 Å². The molecule has 198 valence electrons. The maximum absolute atomic E-state index is 13.4. The van der Waals surface area contributed by atoms with Crippen molar-refractivity contribution in [3.05, 3.63) is 59.2 Å². The number of sulfonamides is 1. The number of nitrogens with one attached hydrogen (secondary N) is 2. The topological polar surface area (TPSA) is 109 Å². The number of nitrogens with zero attached hydrogens (tertiary/aromatic N) is 4. The highest BCUT2D eigenvalue weighted by molar-refractivity contribution is 7.89. The average Bonchev–Trinajstić information content (AvgIpc) is 2.86. The second-order valence-corrected chi connectivity index (χ2v) is 11.9. The van der Waals surface area contributed by atoms with E-state index in [1.165, 1.54) is 22.0 Å². The van der Waals surface area contributed by atoms with Gasteiger partial charge in [-0.2, -0.15) is 9.57 Å². The fraction of sp³-hybridized carbons (Fsp3) is 0.481. The van der Waals surface area contributed by atoms with Crippen LogP contribution >= 0.6 is 0 Å². The summed E-state index contributed by atoms with van der Waals surface area (Å²) in [5, 5.41) is 15.6. The van der Waals surface area contributed by atoms with Crippen molar-refractivity contribution in [1.29, 1.82) is 5.26 Å². The number of hydrogen-bond donors (Lipinski definition) is 2. The number of carbonyl (C=O) groups is 1. The molecule has 10 heteroatoms. The number of nitriles is 1. The Bertz CT molecular complexity index is 1260. The highest BCUT2D eigenvalue weighted by Crippen LogP contribution is 2.26. The van der Waals surface area contributed by atoms with Gasteiger partial charge in [0.1, 0.15) is 0 Å². The lowest BCUT2D eigenvalue weighted by atomic mass is 10.1. The lowest BCUT2D eigenvalue weighted by Gasteiger charge is -2.43. The van der Waals surface area contributed by atoms with Crippen LogP contribution in [0, 0.1) is 18.3 Å². The third-order valence-electron chi connectivity index (χ3n) is 7.14. The molecule has 2 aliphatic heterocycles. The first-order chi connectivity index (χ1) is 17.7. The molecule has 2 N–H and O–H groups in total. The van der Waals surface area contributed by atoms with Gasteiger partial charge in [0.25, 0.3) is 0 Å². The number of benzene rings is 2. The van der Waals surface area contributed by atoms with E-state index < -0.39 is 10.0 Å². The summed E-state index contributed by atoms with van der Waals surface area (Å²) in [6, 6.07) is 13.5. The van der Waals surface area contributed by atoms with Crippen molar-refractivity contribution in [2.45, 2.75) is 44.3 Å². The molecule has 0 spiro atoms. The predicted octanol–water partition coefficient (Wildman–Crippen LogP) is 1.99. The van der Waals surface area contributed by atoms with Crippen molar-refractivity contribution in [1.82, 2.24) is 19.4 Å². The van der Waals surface area contributed by atoms with Gasteiger partial charge in [-0.1, -0.05) is 18.2 Å². The van der Waals surface area contributed by atoms with E-state index in [1.54, 1.807) is 12.1 Å². The number of piperazine rings is 2. The van der Waals surface area contributed by atoms with Gasteiger partial charge >= 0.3 is 0 Å². The molecule has 2 aromatic carbocycles. The maximum atomic E-state index is 13.4. The minimum Gasteiger partial charge on any atom is -0.325 e. The third kappa shape index (κ3) is 6.37. The summed E-state index contributed by atoms with van der Waals surface area (Å²) in [5.74, 6) is -0.111. The fourth-order valence-electron chi connectivity index (χ4n) is 5.36. The summed E-state index contributed by atoms with van der Waals surface area (Å²) in [7, 11) is -3.77. The molecule has 0 aromatic heterocycles. The Morgan fingerprint density at radius 3 is 2.43 bits per heavy atom. The molecule has 2 fully saturated rings. The molecule has 2 atom stereocenters. The molecule has 0 aliphatic carbocycles. The molecular formula is C27H36N6O3S. The van der Waals surface area contributed by atoms with Crippen LogP contribution < -0.4 is 10.6 Å². The maximum Gasteiger partial charge on any atom is 0.243 e. The summed E-state index contributed by atoms with van der Waals surface area (Å²) < 4.78 is 28.2. The van der Waals surface area contributed by atoms with Crippen molar-refractivity contribution < 1.29 is 13.2 Å². The van der Waals surface area contributed by atoms with E-state index in [2.05, 4.69) is 21.6 Å². The molecule has 0 saturated carbocycles. The highest BCUT2D eigenvalue weighted by atomic mass is 32.2. The van der Waals surface area contributed by atoms with Crippen molar-refractivity contribution >= 4 is 21.6 Å². The Morgan fingerprint density at radius 2 is 1.76 bits per heavy atom. The first kappa shape index (κ1) is 27.2. The van der Waals surface area contributed by atoms with Gasteiger partial charge in [-0.05, 0) is 56.2 Å². The first-order valence-corrected chi connectivity index (χ1v) is 14.2. The fourth-order valence-corrected chi connectivity index (χ4v) is 7.21. The van der Waals surface area contributed by atoms with Crippen molar-refractivity contribution in [2.75, 3.05) is 51.1 Å². The lowest BCUT2D eigenvalue weighted by Crippen LogP contribution is -2.59. The zero-order valence-corrected chi connectivity index (χ0v) is 22.6. The number of rotatable bonds is 7. The largest absolute Gasteiger partial charge is 0.325 e. The van der Waals surface area contributed by atoms with Crippen LogP contribution in [-0.2, 0) is 21.4 Å². The standard InChI is InChI=1S/C27H36N6O3S/c1-20-16-32(17-21(2)33(20)37(35,36)25-8-4-6-23(14-25)15-28)19-27(34)30-26-9-5-7-24(22(26)3)18-31-12-10-29-11-13-31/h4-9,14,20-21,29H,10-13,16-19H2,1-3H3,(H,30,34). The molecule has 2 aliphatic rings. The van der Waals surface area contributed by atoms with Gasteiger partial charge in [-0.3, -0.25) is 14.6 Å². The number of anilines is 1. The van der Waals surface area contributed by atoms with Gasteiger partial charge in [0.05, 0.1) is 23.1 Å². The molecule has 2 heterocycles. The SMILES string of the molecule is Cc1c(CN2CCNCC2)cccc1NC(=O)CN1CC(C)N(S(=O)(=O)c2cccc(C#N)c2)C(C)C1. The van der Waals surface area contributed by atoms with Crippen LogP contribution in [0.4, 0.5) is 5.69 Å². The Balaban J connectivity index is 1.38. The first-order valence-electron chi connectivity index (χ1n) is 12.8. The van der Waals surface area contributed by atoms with Crippen LogP contribution in [0.5, 0.6) is 0 Å². The Kier molecular flexibility index (Phi) is 8.62. The molecule has 0 radical (unpaired) electrons. The molecule has 2 saturated heterocycles. The van der Waals surface area contributed by atoms with Crippen LogP contribution in [0.3, 0.4) is 0 Å². The van der Waals surface area contributed by atoms with Gasteiger partial charge in [0.2, 0.25) is 15.9 Å². The normalized spacial score (nSPS) is 21.9. The Labute approximate surface area is 220 Å². The molecule has 1 amide bonds. The summed E-state index contributed by atoms with van der Waals surface area (Å²) in [6.07, 6.45) is 0. The molecule has 4 rings (SSSR count). The van der Waals surface area contributed by atoms with Gasteiger partial charge in [-0.25, -0.2) is 8.42 Å². The van der Waals surface area contributed by atoms with E-state index >= 15 is 0 Å². The van der Waals surface area contributed by atoms with Crippen molar-refractivity contribution in [2.24, 2.45) is 0 Å². The summed E-state index contributed by atoms with van der Waals surface area (Å²) in [5.41, 5.74) is 3.41. The van der Waals surface area contributed by atoms with Gasteiger partial charge in [0, 0.05) is 63.6 Å². The number of amides is 1. The van der Waals surface area contributed by atoms with E-state index in [0.29, 0.717) is 18.7 Å². The van der Waals surface area contributed by atoms with Crippen molar-refractivity contribution in [3.63, 3.8) is 0 Å². The summed E-state index contributed by atoms with van der Waals surface area (Å²) in [6.45, 7) is 11.7. The molecular weight excluding hydrogens is 488 g/mol. The van der Waals surface area contributed by atoms with Gasteiger partial charge in [-0.15, -0.1) is 0 Å². The van der Waals surface area contributed by atoms with Crippen LogP contribution in [0.2, 0.25) is 0 Å². The smallest absolute Gasteiger partial charge is 0.243 e. The summed E-state index contributed by atoms with van der Waals surface area (Å²) >= 11 is 0. The van der Waals surface area contributed by atoms with Crippen LogP contribution in [-0.4, -0.2) is 86.3 Å². The van der Waals surface area contributed by atoms with E-state index in [4.69, 9.17) is 5.26 Å². The van der Waals surface area contributed by atoms with Crippen LogP contribution in [0.25, 0.3) is 0 Å². The van der Waals surface area contributed by atoms with Crippen molar-refractivity contribution in [3.8, 4) is 6.07 Å². The Morgan fingerprint density at radius 1 is 1.08 bits per heavy atom. The molecule has 37 heavy (non-hydrogen) atoms. The average molecular weight is 525 g/mol. The molecule has 2 unspecified atom stereocenters. The third-order valence-corrected chi connectivity index (χ3v) is 9.27. The molecule has 9 nitrogen and oxygen atoms in total. The minimum absolute atomic E-state index is 0.111.